The van der Waals surface area contributed by atoms with Crippen LogP contribution in [0.5, 0.6) is 0 Å². The van der Waals surface area contributed by atoms with Crippen LogP contribution in [-0.4, -0.2) is 41.1 Å². The fraction of sp³-hybridized carbons (Fsp3) is 0.346. The molecule has 4 rings (SSSR count). The molecule has 178 valence electrons. The highest BCUT2D eigenvalue weighted by molar-refractivity contribution is 8.18. The Morgan fingerprint density at radius 1 is 1.26 bits per heavy atom. The summed E-state index contributed by atoms with van der Waals surface area (Å²) < 4.78 is 13.8. The summed E-state index contributed by atoms with van der Waals surface area (Å²) in [5.41, 5.74) is 4.31. The number of hydrogen-bond acceptors (Lipinski definition) is 5. The van der Waals surface area contributed by atoms with Gasteiger partial charge in [0.25, 0.3) is 11.1 Å². The number of nitrogens with zero attached hydrogens (tertiary/aromatic N) is 2. The molecule has 0 aliphatic carbocycles. The van der Waals surface area contributed by atoms with Crippen LogP contribution in [-0.2, 0) is 9.59 Å². The Bertz CT molecular complexity index is 1220. The number of para-hydroxylation sites is 1. The molecule has 8 heteroatoms. The third-order valence-corrected chi connectivity index (χ3v) is 7.54. The van der Waals surface area contributed by atoms with E-state index in [1.54, 1.807) is 12.1 Å². The van der Waals surface area contributed by atoms with Crippen LogP contribution in [0.3, 0.4) is 0 Å². The molecule has 6 nitrogen and oxygen atoms in total. The summed E-state index contributed by atoms with van der Waals surface area (Å²) in [6, 6.07) is 9.96. The number of amides is 3. The third-order valence-electron chi connectivity index (χ3n) is 6.63. The first-order chi connectivity index (χ1) is 16.0. The molecule has 1 atom stereocenters. The number of rotatable bonds is 4. The number of carbonyl (C=O) groups is 3. The first kappa shape index (κ1) is 24.0. The van der Waals surface area contributed by atoms with E-state index >= 15 is 0 Å². The normalized spacial score (nSPS) is 20.6. The molecule has 0 saturated carbocycles. The Labute approximate surface area is 203 Å². The van der Waals surface area contributed by atoms with E-state index in [9.17, 15) is 18.8 Å². The molecule has 1 N–H and O–H groups in total. The van der Waals surface area contributed by atoms with Crippen molar-refractivity contribution in [3.05, 3.63) is 63.8 Å². The molecular weight excluding hydrogens is 453 g/mol. The molecule has 2 aromatic rings. The lowest BCUT2D eigenvalue weighted by Gasteiger charge is -2.45. The van der Waals surface area contributed by atoms with Crippen molar-refractivity contribution in [2.45, 2.75) is 45.6 Å². The fourth-order valence-corrected chi connectivity index (χ4v) is 5.39. The zero-order valence-corrected chi connectivity index (χ0v) is 20.8. The predicted octanol–water partition coefficient (Wildman–Crippen LogP) is 5.53. The lowest BCUT2D eigenvalue weighted by molar-refractivity contribution is -0.127. The van der Waals surface area contributed by atoms with Crippen LogP contribution < -0.4 is 10.2 Å². The van der Waals surface area contributed by atoms with E-state index in [1.807, 2.05) is 6.92 Å². The summed E-state index contributed by atoms with van der Waals surface area (Å²) in [6.45, 7) is 8.17. The number of nitrogens with one attached hydrogen (secondary N) is 1. The summed E-state index contributed by atoms with van der Waals surface area (Å²) in [5, 5.41) is 1.89. The van der Waals surface area contributed by atoms with Gasteiger partial charge >= 0.3 is 0 Å². The van der Waals surface area contributed by atoms with Crippen molar-refractivity contribution in [1.29, 1.82) is 0 Å². The van der Waals surface area contributed by atoms with Crippen LogP contribution in [0.25, 0.3) is 6.08 Å². The zero-order valence-electron chi connectivity index (χ0n) is 19.9. The molecule has 2 heterocycles. The van der Waals surface area contributed by atoms with E-state index in [-0.39, 0.29) is 16.1 Å². The first-order valence-electron chi connectivity index (χ1n) is 11.2. The number of halogens is 1. The minimum atomic E-state index is -0.641. The highest BCUT2D eigenvalue weighted by Gasteiger charge is 2.37. The first-order valence-corrected chi connectivity index (χ1v) is 12.0. The molecule has 34 heavy (non-hydrogen) atoms. The van der Waals surface area contributed by atoms with E-state index in [1.165, 1.54) is 29.4 Å². The molecule has 2 aromatic carbocycles. The van der Waals surface area contributed by atoms with E-state index < -0.39 is 29.4 Å². The van der Waals surface area contributed by atoms with Crippen molar-refractivity contribution >= 4 is 46.3 Å². The molecule has 0 radical (unpaired) electrons. The van der Waals surface area contributed by atoms with Crippen LogP contribution in [0.15, 0.2) is 41.3 Å². The van der Waals surface area contributed by atoms with Crippen molar-refractivity contribution in [1.82, 2.24) is 4.90 Å². The van der Waals surface area contributed by atoms with Gasteiger partial charge in [0.05, 0.1) is 10.6 Å². The molecule has 1 saturated heterocycles. The van der Waals surface area contributed by atoms with Gasteiger partial charge in [-0.2, -0.15) is 0 Å². The second-order valence-electron chi connectivity index (χ2n) is 9.54. The zero-order chi connectivity index (χ0) is 24.8. The predicted molar refractivity (Wildman–Crippen MR) is 134 cm³/mol. The van der Waals surface area contributed by atoms with Gasteiger partial charge in [-0.1, -0.05) is 19.1 Å². The molecule has 0 spiro atoms. The molecule has 2 aliphatic rings. The Morgan fingerprint density at radius 3 is 2.68 bits per heavy atom. The van der Waals surface area contributed by atoms with E-state index in [0.29, 0.717) is 5.92 Å². The molecule has 0 aromatic heterocycles. The van der Waals surface area contributed by atoms with Gasteiger partial charge in [-0.05, 0) is 91.9 Å². The molecule has 3 amide bonds. The van der Waals surface area contributed by atoms with Gasteiger partial charge in [0.2, 0.25) is 5.91 Å². The van der Waals surface area contributed by atoms with E-state index in [0.717, 1.165) is 34.2 Å². The van der Waals surface area contributed by atoms with Crippen molar-refractivity contribution in [3.63, 3.8) is 0 Å². The minimum absolute atomic E-state index is 0.00182. The lowest BCUT2D eigenvalue weighted by atomic mass is 9.79. The summed E-state index contributed by atoms with van der Waals surface area (Å²) in [5.74, 6) is -1.40. The smallest absolute Gasteiger partial charge is 0.294 e. The van der Waals surface area contributed by atoms with Gasteiger partial charge in [0.1, 0.15) is 12.4 Å². The average Bonchev–Trinajstić information content (AvgIpc) is 3.02. The van der Waals surface area contributed by atoms with Crippen LogP contribution in [0.1, 0.15) is 49.8 Å². The maximum absolute atomic E-state index is 13.8. The second kappa shape index (κ2) is 8.91. The number of hydrogen-bond donors (Lipinski definition) is 1. The van der Waals surface area contributed by atoms with Crippen molar-refractivity contribution in [2.75, 3.05) is 23.8 Å². The quantitative estimate of drug-likeness (QED) is 0.582. The SMILES string of the molecule is Cc1cc2c(cc1/C=C1\SC(=O)N(CC(=O)Nc3ccccc3F)C1=O)C(C)CC(C)(C)N2C. The number of anilines is 2. The lowest BCUT2D eigenvalue weighted by Crippen LogP contribution is -2.45. The topological polar surface area (TPSA) is 69.7 Å². The van der Waals surface area contributed by atoms with Gasteiger partial charge in [-0.25, -0.2) is 4.39 Å². The Balaban J connectivity index is 1.55. The summed E-state index contributed by atoms with van der Waals surface area (Å²) in [7, 11) is 2.10. The molecule has 1 unspecified atom stereocenters. The third kappa shape index (κ3) is 4.46. The van der Waals surface area contributed by atoms with Crippen molar-refractivity contribution in [2.24, 2.45) is 0 Å². The number of aryl methyl sites for hydroxylation is 1. The van der Waals surface area contributed by atoms with Gasteiger partial charge in [-0.15, -0.1) is 0 Å². The van der Waals surface area contributed by atoms with Crippen LogP contribution in [0, 0.1) is 12.7 Å². The highest BCUT2D eigenvalue weighted by Crippen LogP contribution is 2.44. The number of imide groups is 1. The summed E-state index contributed by atoms with van der Waals surface area (Å²) in [6.07, 6.45) is 2.73. The fourth-order valence-electron chi connectivity index (χ4n) is 4.56. The second-order valence-corrected chi connectivity index (χ2v) is 10.5. The van der Waals surface area contributed by atoms with E-state index in [2.05, 4.69) is 50.2 Å². The summed E-state index contributed by atoms with van der Waals surface area (Å²) in [4.78, 5) is 41.2. The molecule has 0 bridgehead atoms. The van der Waals surface area contributed by atoms with Crippen LogP contribution >= 0.6 is 11.8 Å². The maximum atomic E-state index is 13.8. The van der Waals surface area contributed by atoms with E-state index in [4.69, 9.17) is 0 Å². The average molecular weight is 482 g/mol. The highest BCUT2D eigenvalue weighted by atomic mass is 32.2. The number of fused-ring (bicyclic) bond motifs is 1. The van der Waals surface area contributed by atoms with Gasteiger partial charge in [0.15, 0.2) is 0 Å². The maximum Gasteiger partial charge on any atom is 0.294 e. The number of carbonyl (C=O) groups excluding carboxylic acids is 3. The minimum Gasteiger partial charge on any atom is -0.369 e. The molecular formula is C26H28FN3O3S. The van der Waals surface area contributed by atoms with Crippen LogP contribution in [0.2, 0.25) is 0 Å². The number of thioether (sulfide) groups is 1. The van der Waals surface area contributed by atoms with Gasteiger partial charge in [-0.3, -0.25) is 19.3 Å². The van der Waals surface area contributed by atoms with Crippen molar-refractivity contribution < 1.29 is 18.8 Å². The van der Waals surface area contributed by atoms with Gasteiger partial charge in [0, 0.05) is 18.3 Å². The molecule has 1 fully saturated rings. The van der Waals surface area contributed by atoms with Crippen molar-refractivity contribution in [3.8, 4) is 0 Å². The Morgan fingerprint density at radius 2 is 1.97 bits per heavy atom. The molecule has 2 aliphatic heterocycles. The van der Waals surface area contributed by atoms with Crippen LogP contribution in [0.4, 0.5) is 20.6 Å². The summed E-state index contributed by atoms with van der Waals surface area (Å²) >= 11 is 0.809. The van der Waals surface area contributed by atoms with Gasteiger partial charge < -0.3 is 10.2 Å². The Hall–Kier alpha value is -3.13. The Kier molecular flexibility index (Phi) is 6.29. The monoisotopic (exact) mass is 481 g/mol. The standard InChI is InChI=1S/C26H28FN3O3S/c1-15-10-21-18(16(2)13-26(3,4)29(21)5)11-17(15)12-22-24(32)30(25(33)34-22)14-23(31)28-20-9-7-6-8-19(20)27/h6-12,16H,13-14H2,1-5H3,(H,28,31)/b22-12-. The number of benzene rings is 2. The largest absolute Gasteiger partial charge is 0.369 e.